The Hall–Kier alpha value is -0.570. The second-order valence-electron chi connectivity index (χ2n) is 7.63. The first-order chi connectivity index (χ1) is 12.7. The first kappa shape index (κ1) is 27.6. The molecule has 0 aromatic heterocycles. The number of carbonyl (C=O) groups excluding carboxylic acids is 1. The molecule has 0 saturated carbocycles. The molecule has 0 atom stereocenters. The Morgan fingerprint density at radius 3 is 1.19 bits per heavy atom. The van der Waals surface area contributed by atoms with Gasteiger partial charge in [0.1, 0.15) is 0 Å². The summed E-state index contributed by atoms with van der Waals surface area (Å²) in [7, 11) is 0. The number of rotatable bonds is 19. The molecular weight excluding hydrogens is 322 g/mol. The van der Waals surface area contributed by atoms with Gasteiger partial charge in [-0.1, -0.05) is 110 Å². The fourth-order valence-corrected chi connectivity index (χ4v) is 3.07. The van der Waals surface area contributed by atoms with Crippen molar-refractivity contribution in [1.29, 1.82) is 0 Å². The highest BCUT2D eigenvalue weighted by Gasteiger charge is 1.92. The van der Waals surface area contributed by atoms with Gasteiger partial charge in [0, 0.05) is 5.97 Å². The summed E-state index contributed by atoms with van der Waals surface area (Å²) in [5, 5.41) is 10.0. The molecule has 0 aliphatic heterocycles. The summed E-state index contributed by atoms with van der Waals surface area (Å²) in [6.45, 7) is 5.59. The van der Waals surface area contributed by atoms with Crippen molar-refractivity contribution >= 4 is 5.97 Å². The Labute approximate surface area is 164 Å². The van der Waals surface area contributed by atoms with Gasteiger partial charge in [-0.05, 0) is 25.7 Å². The number of unbranched alkanes of at least 4 members (excludes halogenated alkanes) is 16. The monoisotopic (exact) mass is 371 g/mol. The van der Waals surface area contributed by atoms with E-state index in [-0.39, 0.29) is 6.42 Å². The largest absolute Gasteiger partial charge is 0.550 e. The van der Waals surface area contributed by atoms with E-state index in [9.17, 15) is 9.90 Å². The molecule has 0 aromatic carbocycles. The molecule has 3 heteroatoms. The van der Waals surface area contributed by atoms with Gasteiger partial charge < -0.3 is 15.6 Å². The molecule has 0 radical (unpaired) electrons. The van der Waals surface area contributed by atoms with Gasteiger partial charge in [0.25, 0.3) is 0 Å². The molecule has 0 bridgehead atoms. The zero-order valence-corrected chi connectivity index (χ0v) is 18.2. The van der Waals surface area contributed by atoms with Crippen LogP contribution < -0.4 is 10.8 Å². The lowest BCUT2D eigenvalue weighted by molar-refractivity contribution is -0.368. The summed E-state index contributed by atoms with van der Waals surface area (Å²) in [6.07, 6.45) is 24.1. The normalized spacial score (nSPS) is 10.4. The van der Waals surface area contributed by atoms with E-state index < -0.39 is 5.97 Å². The van der Waals surface area contributed by atoms with Crippen LogP contribution in [-0.2, 0) is 4.79 Å². The van der Waals surface area contributed by atoms with E-state index in [1.165, 1.54) is 103 Å². The van der Waals surface area contributed by atoms with E-state index in [1.54, 1.807) is 0 Å². The van der Waals surface area contributed by atoms with Crippen molar-refractivity contribution in [1.82, 2.24) is 0 Å². The number of hydrogen-bond acceptors (Lipinski definition) is 2. The van der Waals surface area contributed by atoms with Crippen LogP contribution in [-0.4, -0.2) is 12.5 Å². The van der Waals surface area contributed by atoms with Crippen molar-refractivity contribution in [2.45, 2.75) is 136 Å². The van der Waals surface area contributed by atoms with E-state index in [4.69, 9.17) is 0 Å². The maximum atomic E-state index is 10.0. The minimum Gasteiger partial charge on any atom is -0.550 e. The Bertz CT molecular complexity index is 245. The third kappa shape index (κ3) is 31.2. The molecule has 0 rings (SSSR count). The van der Waals surface area contributed by atoms with Gasteiger partial charge in [-0.2, -0.15) is 0 Å². The number of carboxylic acids is 1. The topological polar surface area (TPSA) is 67.8 Å². The molecule has 0 aliphatic carbocycles. The average Bonchev–Trinajstić information content (AvgIpc) is 2.63. The molecule has 158 valence electrons. The van der Waals surface area contributed by atoms with Crippen molar-refractivity contribution in [2.75, 3.05) is 6.54 Å². The molecular formula is C23H49NO2. The fourth-order valence-electron chi connectivity index (χ4n) is 3.07. The lowest BCUT2D eigenvalue weighted by atomic mass is 10.1. The van der Waals surface area contributed by atoms with Gasteiger partial charge in [-0.15, -0.1) is 0 Å². The highest BCUT2D eigenvalue weighted by atomic mass is 16.4. The van der Waals surface area contributed by atoms with E-state index in [2.05, 4.69) is 19.6 Å². The first-order valence-corrected chi connectivity index (χ1v) is 11.7. The van der Waals surface area contributed by atoms with Crippen LogP contribution in [0.1, 0.15) is 136 Å². The SMILES string of the molecule is CCCCCCCCCC(=O)[O-].CCCCCCCCCCCCC[NH3+]. The van der Waals surface area contributed by atoms with Crippen LogP contribution in [0.2, 0.25) is 0 Å². The van der Waals surface area contributed by atoms with Crippen LogP contribution in [0, 0.1) is 0 Å². The number of carboxylic acid groups (broad SMARTS) is 1. The molecule has 0 spiro atoms. The minimum absolute atomic E-state index is 0.230. The van der Waals surface area contributed by atoms with Gasteiger partial charge in [0.05, 0.1) is 6.54 Å². The quantitative estimate of drug-likeness (QED) is 0.308. The highest BCUT2D eigenvalue weighted by molar-refractivity contribution is 5.63. The number of hydrogen-bond donors (Lipinski definition) is 1. The second-order valence-corrected chi connectivity index (χ2v) is 7.63. The predicted molar refractivity (Wildman–Crippen MR) is 112 cm³/mol. The fraction of sp³-hybridized carbons (Fsp3) is 0.957. The van der Waals surface area contributed by atoms with Crippen molar-refractivity contribution in [2.24, 2.45) is 0 Å². The summed E-state index contributed by atoms with van der Waals surface area (Å²) in [4.78, 5) is 10.0. The summed E-state index contributed by atoms with van der Waals surface area (Å²) in [5.41, 5.74) is 3.86. The van der Waals surface area contributed by atoms with E-state index in [0.29, 0.717) is 0 Å². The predicted octanol–water partition coefficient (Wildman–Crippen LogP) is 5.42. The van der Waals surface area contributed by atoms with Gasteiger partial charge in [0.2, 0.25) is 0 Å². The lowest BCUT2D eigenvalue weighted by Gasteiger charge is -2.01. The standard InChI is InChI=1S/C13H29N.C10H20O2/c1-2-3-4-5-6-7-8-9-10-11-12-13-14;1-2-3-4-5-6-7-8-9-10(11)12/h2-14H2,1H3;2-9H2,1H3,(H,11,12). The van der Waals surface area contributed by atoms with Gasteiger partial charge in [-0.25, -0.2) is 0 Å². The molecule has 26 heavy (non-hydrogen) atoms. The van der Waals surface area contributed by atoms with Crippen LogP contribution in [0.5, 0.6) is 0 Å². The van der Waals surface area contributed by atoms with E-state index in [0.717, 1.165) is 19.4 Å². The average molecular weight is 372 g/mol. The number of quaternary nitrogens is 1. The molecule has 0 saturated heterocycles. The van der Waals surface area contributed by atoms with E-state index in [1.807, 2.05) is 0 Å². The summed E-state index contributed by atoms with van der Waals surface area (Å²) in [5.74, 6) is -0.913. The van der Waals surface area contributed by atoms with Crippen LogP contribution in [0.3, 0.4) is 0 Å². The van der Waals surface area contributed by atoms with Gasteiger partial charge in [-0.3, -0.25) is 0 Å². The molecule has 0 aromatic rings. The number of carbonyl (C=O) groups is 1. The molecule has 3 N–H and O–H groups in total. The number of aliphatic carboxylic acids is 1. The van der Waals surface area contributed by atoms with Crippen LogP contribution in [0.15, 0.2) is 0 Å². The lowest BCUT2D eigenvalue weighted by Crippen LogP contribution is -2.50. The molecule has 0 fully saturated rings. The van der Waals surface area contributed by atoms with Gasteiger partial charge >= 0.3 is 0 Å². The van der Waals surface area contributed by atoms with Crippen molar-refractivity contribution in [3.63, 3.8) is 0 Å². The van der Waals surface area contributed by atoms with E-state index >= 15 is 0 Å². The third-order valence-electron chi connectivity index (χ3n) is 4.84. The smallest absolute Gasteiger partial charge is 0.0739 e. The zero-order valence-electron chi connectivity index (χ0n) is 18.2. The first-order valence-electron chi connectivity index (χ1n) is 11.7. The molecule has 3 nitrogen and oxygen atoms in total. The summed E-state index contributed by atoms with van der Waals surface area (Å²) >= 11 is 0. The summed E-state index contributed by atoms with van der Waals surface area (Å²) in [6, 6.07) is 0. The minimum atomic E-state index is -0.913. The van der Waals surface area contributed by atoms with Crippen molar-refractivity contribution in [3.05, 3.63) is 0 Å². The Morgan fingerprint density at radius 1 is 0.577 bits per heavy atom. The second kappa shape index (κ2) is 26.7. The highest BCUT2D eigenvalue weighted by Crippen LogP contribution is 2.10. The van der Waals surface area contributed by atoms with Crippen LogP contribution in [0.25, 0.3) is 0 Å². The molecule has 0 aliphatic rings. The van der Waals surface area contributed by atoms with Gasteiger partial charge in [0.15, 0.2) is 0 Å². The Kier molecular flexibility index (Phi) is 28.3. The summed E-state index contributed by atoms with van der Waals surface area (Å²) < 4.78 is 0. The Morgan fingerprint density at radius 2 is 0.885 bits per heavy atom. The molecule has 0 unspecified atom stereocenters. The molecule has 0 heterocycles. The zero-order chi connectivity index (χ0) is 19.7. The van der Waals surface area contributed by atoms with Crippen LogP contribution in [0.4, 0.5) is 0 Å². The maximum absolute atomic E-state index is 10.0. The van der Waals surface area contributed by atoms with Crippen molar-refractivity contribution < 1.29 is 15.6 Å². The third-order valence-corrected chi connectivity index (χ3v) is 4.84. The van der Waals surface area contributed by atoms with Crippen LogP contribution >= 0.6 is 0 Å². The van der Waals surface area contributed by atoms with Crippen molar-refractivity contribution in [3.8, 4) is 0 Å². The maximum Gasteiger partial charge on any atom is 0.0739 e. The Balaban J connectivity index is 0. The molecule has 0 amide bonds.